The summed E-state index contributed by atoms with van der Waals surface area (Å²) < 4.78 is 18.9. The highest BCUT2D eigenvalue weighted by atomic mass is 19.1. The summed E-state index contributed by atoms with van der Waals surface area (Å²) in [5, 5.41) is 15.3. The van der Waals surface area contributed by atoms with E-state index < -0.39 is 11.5 Å². The molecule has 0 bridgehead atoms. The molecule has 9 heteroatoms. The third-order valence-corrected chi connectivity index (χ3v) is 4.21. The van der Waals surface area contributed by atoms with Crippen molar-refractivity contribution < 1.29 is 14.0 Å². The van der Waals surface area contributed by atoms with Crippen LogP contribution in [-0.4, -0.2) is 32.4 Å². The smallest absolute Gasteiger partial charge is 0.262 e. The Morgan fingerprint density at radius 2 is 2.15 bits per heavy atom. The number of nitrogens with one attached hydrogen (secondary N) is 2. The third kappa shape index (κ3) is 2.67. The average Bonchev–Trinajstić information content (AvgIpc) is 3.29. The zero-order valence-electron chi connectivity index (χ0n) is 14.2. The fourth-order valence-electron chi connectivity index (χ4n) is 2.69. The quantitative estimate of drug-likeness (QED) is 0.613. The van der Waals surface area contributed by atoms with Crippen LogP contribution in [0.1, 0.15) is 13.8 Å². The monoisotopic (exact) mass is 356 g/mol. The fraction of sp³-hybridized carbons (Fsp3) is 0.235. The molecule has 0 saturated heterocycles. The van der Waals surface area contributed by atoms with E-state index in [9.17, 15) is 9.50 Å². The Hall–Kier alpha value is -3.04. The first-order valence-electron chi connectivity index (χ1n) is 8.01. The lowest BCUT2D eigenvalue weighted by Crippen LogP contribution is -2.53. The molecule has 0 aliphatic carbocycles. The Balaban J connectivity index is 1.66. The molecule has 0 spiro atoms. The number of fused-ring (bicyclic) bond motifs is 1. The molecule has 26 heavy (non-hydrogen) atoms. The molecule has 1 aromatic carbocycles. The Bertz CT molecular complexity index is 958. The summed E-state index contributed by atoms with van der Waals surface area (Å²) in [7, 11) is 0. The van der Waals surface area contributed by atoms with Gasteiger partial charge in [-0.05, 0) is 44.2 Å². The van der Waals surface area contributed by atoms with Crippen LogP contribution in [0.25, 0.3) is 22.8 Å². The lowest BCUT2D eigenvalue weighted by Gasteiger charge is -2.34. The van der Waals surface area contributed by atoms with Gasteiger partial charge in [-0.15, -0.1) is 5.53 Å². The molecule has 3 N–H and O–H groups in total. The normalized spacial score (nSPS) is 13.6. The first-order valence-corrected chi connectivity index (χ1v) is 8.01. The number of aliphatic hydroxyl groups excluding tert-OH is 1. The van der Waals surface area contributed by atoms with Crippen molar-refractivity contribution in [3.05, 3.63) is 42.5 Å². The molecule has 4 rings (SSSR count). The van der Waals surface area contributed by atoms with Crippen molar-refractivity contribution in [1.29, 1.82) is 0 Å². The summed E-state index contributed by atoms with van der Waals surface area (Å²) >= 11 is 0. The van der Waals surface area contributed by atoms with Crippen LogP contribution in [0.15, 0.2) is 41.1 Å². The minimum atomic E-state index is -0.663. The molecule has 1 aliphatic rings. The number of aliphatic hydroxyl groups is 1. The number of hydrogen-bond donors (Lipinski definition) is 3. The van der Waals surface area contributed by atoms with E-state index in [0.717, 1.165) is 11.4 Å². The standard InChI is InChI=1S/C17H17FN6O2/c1-17(2,9-25)24-13-6-5-10(8-12(13)21-23-24)15-20-16(26-22-15)11-4-3-7-19-14(11)18/h3-8,21,23,25H,9H2,1-2H3. The Morgan fingerprint density at radius 3 is 2.92 bits per heavy atom. The summed E-state index contributed by atoms with van der Waals surface area (Å²) in [4.78, 5) is 7.85. The van der Waals surface area contributed by atoms with Gasteiger partial charge in [-0.25, -0.2) is 4.98 Å². The largest absolute Gasteiger partial charge is 0.394 e. The molecular weight excluding hydrogens is 339 g/mol. The van der Waals surface area contributed by atoms with Crippen molar-refractivity contribution in [3.63, 3.8) is 0 Å². The van der Waals surface area contributed by atoms with Gasteiger partial charge < -0.3 is 15.1 Å². The van der Waals surface area contributed by atoms with Gasteiger partial charge in [-0.3, -0.25) is 5.01 Å². The van der Waals surface area contributed by atoms with Gasteiger partial charge in [-0.2, -0.15) is 9.37 Å². The summed E-state index contributed by atoms with van der Waals surface area (Å²) in [6, 6.07) is 8.70. The first-order chi connectivity index (χ1) is 12.5. The zero-order chi connectivity index (χ0) is 18.3. The van der Waals surface area contributed by atoms with Gasteiger partial charge >= 0.3 is 0 Å². The molecule has 2 aromatic heterocycles. The van der Waals surface area contributed by atoms with Crippen LogP contribution in [-0.2, 0) is 0 Å². The maximum Gasteiger partial charge on any atom is 0.262 e. The van der Waals surface area contributed by atoms with E-state index in [2.05, 4.69) is 26.1 Å². The van der Waals surface area contributed by atoms with Crippen molar-refractivity contribution in [3.8, 4) is 22.8 Å². The predicted molar refractivity (Wildman–Crippen MR) is 93.3 cm³/mol. The maximum absolute atomic E-state index is 13.8. The number of nitrogens with zero attached hydrogens (tertiary/aromatic N) is 4. The molecule has 0 atom stereocenters. The van der Waals surface area contributed by atoms with Crippen molar-refractivity contribution in [2.24, 2.45) is 0 Å². The molecule has 3 heterocycles. The van der Waals surface area contributed by atoms with Gasteiger partial charge in [0, 0.05) is 11.8 Å². The molecule has 134 valence electrons. The van der Waals surface area contributed by atoms with Crippen molar-refractivity contribution >= 4 is 11.4 Å². The van der Waals surface area contributed by atoms with Gasteiger partial charge in [0.1, 0.15) is 0 Å². The highest BCUT2D eigenvalue weighted by molar-refractivity contribution is 5.79. The summed E-state index contributed by atoms with van der Waals surface area (Å²) in [5.74, 6) is -0.252. The highest BCUT2D eigenvalue weighted by Crippen LogP contribution is 2.36. The lowest BCUT2D eigenvalue weighted by molar-refractivity contribution is 0.206. The number of hydrogen-bond acceptors (Lipinski definition) is 8. The van der Waals surface area contributed by atoms with Crippen LogP contribution < -0.4 is 16.0 Å². The second-order valence-electron chi connectivity index (χ2n) is 6.54. The number of hydrazine groups is 2. The van der Waals surface area contributed by atoms with Gasteiger partial charge in [0.15, 0.2) is 0 Å². The molecular formula is C17H17FN6O2. The predicted octanol–water partition coefficient (Wildman–Crippen LogP) is 2.36. The summed E-state index contributed by atoms with van der Waals surface area (Å²) in [6.07, 6.45) is 1.36. The molecule has 3 aromatic rings. The number of anilines is 2. The Labute approximate surface area is 148 Å². The van der Waals surface area contributed by atoms with Crippen LogP contribution in [0.3, 0.4) is 0 Å². The van der Waals surface area contributed by atoms with Gasteiger partial charge in [-0.1, -0.05) is 5.16 Å². The second kappa shape index (κ2) is 6.04. The van der Waals surface area contributed by atoms with E-state index >= 15 is 0 Å². The summed E-state index contributed by atoms with van der Waals surface area (Å²) in [5.41, 5.74) is 8.16. The minimum absolute atomic E-state index is 0.0201. The molecule has 0 fully saturated rings. The lowest BCUT2D eigenvalue weighted by atomic mass is 10.0. The number of aromatic nitrogens is 3. The highest BCUT2D eigenvalue weighted by Gasteiger charge is 2.32. The number of rotatable bonds is 4. The second-order valence-corrected chi connectivity index (χ2v) is 6.54. The Morgan fingerprint density at radius 1 is 1.31 bits per heavy atom. The van der Waals surface area contributed by atoms with Crippen LogP contribution >= 0.6 is 0 Å². The fourth-order valence-corrected chi connectivity index (χ4v) is 2.69. The van der Waals surface area contributed by atoms with Crippen LogP contribution in [0.5, 0.6) is 0 Å². The molecule has 0 amide bonds. The molecule has 1 aliphatic heterocycles. The van der Waals surface area contributed by atoms with E-state index in [1.165, 1.54) is 12.3 Å². The number of benzene rings is 1. The minimum Gasteiger partial charge on any atom is -0.394 e. The maximum atomic E-state index is 13.8. The molecule has 8 nitrogen and oxygen atoms in total. The molecule has 0 saturated carbocycles. The van der Waals surface area contributed by atoms with Gasteiger partial charge in [0.2, 0.25) is 11.8 Å². The first kappa shape index (κ1) is 16.4. The van der Waals surface area contributed by atoms with Crippen molar-refractivity contribution in [1.82, 2.24) is 20.7 Å². The van der Waals surface area contributed by atoms with Gasteiger partial charge in [0.25, 0.3) is 5.89 Å². The number of pyridine rings is 1. The van der Waals surface area contributed by atoms with Crippen LogP contribution in [0, 0.1) is 5.95 Å². The zero-order valence-corrected chi connectivity index (χ0v) is 14.2. The van der Waals surface area contributed by atoms with Crippen molar-refractivity contribution in [2.45, 2.75) is 19.4 Å². The van der Waals surface area contributed by atoms with E-state index in [1.807, 2.05) is 37.1 Å². The van der Waals surface area contributed by atoms with Crippen LogP contribution in [0.4, 0.5) is 15.8 Å². The van der Waals surface area contributed by atoms with E-state index in [0.29, 0.717) is 11.4 Å². The van der Waals surface area contributed by atoms with Gasteiger partial charge in [0.05, 0.1) is 29.1 Å². The molecule has 0 radical (unpaired) electrons. The van der Waals surface area contributed by atoms with Crippen molar-refractivity contribution in [2.75, 3.05) is 17.0 Å². The Kier molecular flexibility index (Phi) is 3.82. The third-order valence-electron chi connectivity index (χ3n) is 4.21. The average molecular weight is 356 g/mol. The van der Waals surface area contributed by atoms with Crippen LogP contribution in [0.2, 0.25) is 0 Å². The topological polar surface area (TPSA) is 99.3 Å². The van der Waals surface area contributed by atoms with E-state index in [-0.39, 0.29) is 18.1 Å². The molecule has 0 unspecified atom stereocenters. The number of halogens is 1. The van der Waals surface area contributed by atoms with E-state index in [4.69, 9.17) is 4.52 Å². The van der Waals surface area contributed by atoms with E-state index in [1.54, 1.807) is 6.07 Å². The summed E-state index contributed by atoms with van der Waals surface area (Å²) in [6.45, 7) is 3.81. The SMILES string of the molecule is CC(C)(CO)N1NNc2cc(-c3noc(-c4cccnc4F)n3)ccc21.